The summed E-state index contributed by atoms with van der Waals surface area (Å²) >= 11 is 0. The van der Waals surface area contributed by atoms with Crippen LogP contribution in [0.5, 0.6) is 5.75 Å². The summed E-state index contributed by atoms with van der Waals surface area (Å²) in [5, 5.41) is 1.66. The van der Waals surface area contributed by atoms with Crippen LogP contribution in [0.3, 0.4) is 0 Å². The number of carbonyl (C=O) groups is 3. The molecule has 34 heavy (non-hydrogen) atoms. The molecule has 0 saturated carbocycles. The summed E-state index contributed by atoms with van der Waals surface area (Å²) in [6.45, 7) is -1.78. The summed E-state index contributed by atoms with van der Waals surface area (Å²) in [6, 6.07) is 5.40. The summed E-state index contributed by atoms with van der Waals surface area (Å²) in [5.41, 5.74) is -0.0193. The third kappa shape index (κ3) is 4.41. The molecule has 9 heteroatoms. The van der Waals surface area contributed by atoms with Crippen molar-refractivity contribution in [3.05, 3.63) is 64.5 Å². The number of rotatable bonds is 6. The summed E-state index contributed by atoms with van der Waals surface area (Å²) < 4.78 is 84.6. The average molecular weight is 475 g/mol. The first kappa shape index (κ1) is 15.6. The Labute approximate surface area is 206 Å². The van der Waals surface area contributed by atoms with Crippen molar-refractivity contribution in [2.24, 2.45) is 0 Å². The standard InChI is InChI=1S/C25H26FN3O5/c26-23-16(13-28-9-11-33-12-10-28)3-1-4-17(23)15-34-21-6-2-5-18-19(21)14-29(25(18)32)20-7-8-22(30)27-24(20)31/h1-6,20H,7-15H2,(H,27,30,31)/i7D2,8D2,13D2,20D. The highest BCUT2D eigenvalue weighted by Crippen LogP contribution is 2.34. The lowest BCUT2D eigenvalue weighted by Crippen LogP contribution is -2.52. The minimum atomic E-state index is -3.42. The van der Waals surface area contributed by atoms with Crippen LogP contribution in [0.2, 0.25) is 0 Å². The zero-order chi connectivity index (χ0) is 30.0. The molecule has 0 aromatic heterocycles. The highest BCUT2D eigenvalue weighted by Gasteiger charge is 2.40. The molecule has 8 nitrogen and oxygen atoms in total. The molecule has 2 aromatic carbocycles. The molecule has 1 N–H and O–H groups in total. The number of nitrogens with one attached hydrogen (secondary N) is 1. The molecule has 0 spiro atoms. The van der Waals surface area contributed by atoms with Gasteiger partial charge in [-0.15, -0.1) is 0 Å². The molecular formula is C25H26FN3O5. The summed E-state index contributed by atoms with van der Waals surface area (Å²) in [5.74, 6) is -4.72. The molecule has 5 rings (SSSR count). The summed E-state index contributed by atoms with van der Waals surface area (Å²) in [6.07, 6.45) is -6.72. The minimum Gasteiger partial charge on any atom is -0.488 e. The van der Waals surface area contributed by atoms with E-state index in [4.69, 9.17) is 19.1 Å². The van der Waals surface area contributed by atoms with Crippen LogP contribution in [0.1, 0.15) is 49.4 Å². The lowest BCUT2D eigenvalue weighted by atomic mass is 10.0. The highest BCUT2D eigenvalue weighted by atomic mass is 19.1. The van der Waals surface area contributed by atoms with E-state index in [9.17, 15) is 14.4 Å². The van der Waals surface area contributed by atoms with Gasteiger partial charge < -0.3 is 14.4 Å². The largest absolute Gasteiger partial charge is 0.488 e. The number of benzene rings is 2. The molecule has 0 bridgehead atoms. The number of nitrogens with zero attached hydrogens (tertiary/aromatic N) is 2. The fourth-order valence-electron chi connectivity index (χ4n) is 3.96. The molecule has 3 aliphatic rings. The van der Waals surface area contributed by atoms with Crippen LogP contribution < -0.4 is 10.1 Å². The fourth-order valence-corrected chi connectivity index (χ4v) is 3.96. The highest BCUT2D eigenvalue weighted by molar-refractivity contribution is 6.05. The number of piperidine rings is 1. The van der Waals surface area contributed by atoms with Crippen LogP contribution in [0.15, 0.2) is 36.4 Å². The van der Waals surface area contributed by atoms with Crippen molar-refractivity contribution in [1.29, 1.82) is 0 Å². The number of hydrogen-bond acceptors (Lipinski definition) is 6. The van der Waals surface area contributed by atoms with E-state index in [1.165, 1.54) is 41.3 Å². The fraction of sp³-hybridized carbons (Fsp3) is 0.400. The predicted molar refractivity (Wildman–Crippen MR) is 119 cm³/mol. The third-order valence-corrected chi connectivity index (χ3v) is 5.68. The van der Waals surface area contributed by atoms with Gasteiger partial charge in [0.05, 0.1) is 21.1 Å². The van der Waals surface area contributed by atoms with Crippen molar-refractivity contribution in [3.8, 4) is 5.75 Å². The van der Waals surface area contributed by atoms with Gasteiger partial charge in [-0.25, -0.2) is 4.39 Å². The van der Waals surface area contributed by atoms with E-state index in [1.54, 1.807) is 5.32 Å². The number of morpholine rings is 1. The second kappa shape index (κ2) is 9.52. The van der Waals surface area contributed by atoms with E-state index in [1.807, 2.05) is 0 Å². The molecule has 2 fully saturated rings. The Balaban J connectivity index is 1.41. The maximum Gasteiger partial charge on any atom is 0.255 e. The van der Waals surface area contributed by atoms with Crippen LogP contribution in [-0.4, -0.2) is 59.8 Å². The summed E-state index contributed by atoms with van der Waals surface area (Å²) in [4.78, 5) is 40.1. The maximum atomic E-state index is 15.5. The first-order valence-corrected chi connectivity index (χ1v) is 10.7. The van der Waals surface area contributed by atoms with Gasteiger partial charge >= 0.3 is 0 Å². The van der Waals surface area contributed by atoms with Crippen molar-refractivity contribution < 1.29 is 37.8 Å². The Bertz CT molecular complexity index is 1440. The SMILES string of the molecule is [2H]C([2H])(c1cccc(COc2cccc3c2CN(C2([2H])C(=O)NC(=O)C([2H])([2H])C2([2H])[2H])C3=O)c1F)N1CCOCC1. The molecule has 3 amide bonds. The van der Waals surface area contributed by atoms with Crippen molar-refractivity contribution in [2.45, 2.75) is 38.4 Å². The molecule has 1 atom stereocenters. The number of halogens is 1. The quantitative estimate of drug-likeness (QED) is 0.645. The van der Waals surface area contributed by atoms with E-state index in [0.717, 1.165) is 0 Å². The number of carbonyl (C=O) groups excluding carboxylic acids is 3. The molecule has 3 heterocycles. The number of fused-ring (bicyclic) bond motifs is 1. The van der Waals surface area contributed by atoms with Crippen LogP contribution in [0.25, 0.3) is 0 Å². The molecule has 2 aromatic rings. The van der Waals surface area contributed by atoms with E-state index in [0.29, 0.717) is 18.1 Å². The monoisotopic (exact) mass is 474 g/mol. The predicted octanol–water partition coefficient (Wildman–Crippen LogP) is 2.00. The van der Waals surface area contributed by atoms with E-state index in [-0.39, 0.29) is 47.7 Å². The van der Waals surface area contributed by atoms with Crippen LogP contribution in [0.4, 0.5) is 4.39 Å². The van der Waals surface area contributed by atoms with Gasteiger partial charge in [0.1, 0.15) is 24.2 Å². The Kier molecular flexibility index (Phi) is 4.36. The number of ether oxygens (including phenoxy) is 2. The molecule has 0 aliphatic carbocycles. The molecule has 178 valence electrons. The molecular weight excluding hydrogens is 441 g/mol. The van der Waals surface area contributed by atoms with Crippen LogP contribution in [0, 0.1) is 5.82 Å². The van der Waals surface area contributed by atoms with E-state index < -0.39 is 55.3 Å². The molecule has 3 aliphatic heterocycles. The van der Waals surface area contributed by atoms with Gasteiger partial charge in [0.2, 0.25) is 11.8 Å². The van der Waals surface area contributed by atoms with Crippen molar-refractivity contribution in [1.82, 2.24) is 15.1 Å². The topological polar surface area (TPSA) is 88.2 Å². The zero-order valence-electron chi connectivity index (χ0n) is 25.0. The summed E-state index contributed by atoms with van der Waals surface area (Å²) in [7, 11) is 0. The normalized spacial score (nSPS) is 29.5. The first-order valence-electron chi connectivity index (χ1n) is 14.2. The van der Waals surface area contributed by atoms with Gasteiger partial charge in [-0.2, -0.15) is 0 Å². The van der Waals surface area contributed by atoms with Gasteiger partial charge in [0, 0.05) is 56.4 Å². The third-order valence-electron chi connectivity index (χ3n) is 5.68. The second-order valence-corrected chi connectivity index (χ2v) is 7.83. The smallest absolute Gasteiger partial charge is 0.255 e. The van der Waals surface area contributed by atoms with Gasteiger partial charge in [0.25, 0.3) is 5.91 Å². The van der Waals surface area contributed by atoms with Gasteiger partial charge in [-0.1, -0.05) is 24.3 Å². The minimum absolute atomic E-state index is 0.0325. The lowest BCUT2D eigenvalue weighted by molar-refractivity contribution is -0.136. The number of imide groups is 1. The molecule has 0 radical (unpaired) electrons. The average Bonchev–Trinajstić information content (AvgIpc) is 3.28. The van der Waals surface area contributed by atoms with E-state index >= 15 is 4.39 Å². The molecule has 2 saturated heterocycles. The maximum absolute atomic E-state index is 15.5. The van der Waals surface area contributed by atoms with Crippen LogP contribution in [-0.2, 0) is 34.0 Å². The first-order chi connectivity index (χ1) is 19.2. The Morgan fingerprint density at radius 1 is 1.18 bits per heavy atom. The van der Waals surface area contributed by atoms with Gasteiger partial charge in [0.15, 0.2) is 0 Å². The van der Waals surface area contributed by atoms with Gasteiger partial charge in [-0.05, 0) is 18.5 Å². The van der Waals surface area contributed by atoms with Crippen molar-refractivity contribution >= 4 is 17.7 Å². The second-order valence-electron chi connectivity index (χ2n) is 7.83. The van der Waals surface area contributed by atoms with E-state index in [2.05, 4.69) is 0 Å². The van der Waals surface area contributed by atoms with Crippen molar-refractivity contribution in [3.63, 3.8) is 0 Å². The Morgan fingerprint density at radius 3 is 2.76 bits per heavy atom. The lowest BCUT2D eigenvalue weighted by Gasteiger charge is -2.29. The molecule has 1 unspecified atom stereocenters. The van der Waals surface area contributed by atoms with Crippen molar-refractivity contribution in [2.75, 3.05) is 26.3 Å². The number of amides is 3. The Hall–Kier alpha value is -3.30. The zero-order valence-corrected chi connectivity index (χ0v) is 18.0. The van der Waals surface area contributed by atoms with Gasteiger partial charge in [-0.3, -0.25) is 24.6 Å². The Morgan fingerprint density at radius 2 is 1.94 bits per heavy atom. The number of hydrogen-bond donors (Lipinski definition) is 1. The van der Waals surface area contributed by atoms with Crippen LogP contribution >= 0.6 is 0 Å².